The Bertz CT molecular complexity index is 453. The molecule has 0 spiro atoms. The number of nitrogens with one attached hydrogen (secondary N) is 1. The largest absolute Gasteiger partial charge is 0.355 e. The van der Waals surface area contributed by atoms with E-state index >= 15 is 0 Å². The number of benzene rings is 1. The SMILES string of the molecule is CNC(=O)c1ccc(CS(=O)(=O)F)cc1. The summed E-state index contributed by atoms with van der Waals surface area (Å²) in [5.74, 6) is -0.939. The molecule has 6 heteroatoms. The van der Waals surface area contributed by atoms with E-state index in [0.717, 1.165) is 0 Å². The molecule has 0 atom stereocenters. The molecule has 0 aromatic heterocycles. The molecule has 0 heterocycles. The number of amides is 1. The van der Waals surface area contributed by atoms with Gasteiger partial charge < -0.3 is 5.32 Å². The lowest BCUT2D eigenvalue weighted by Gasteiger charge is -2.01. The van der Waals surface area contributed by atoms with E-state index in [4.69, 9.17) is 0 Å². The minimum Gasteiger partial charge on any atom is -0.355 e. The van der Waals surface area contributed by atoms with Gasteiger partial charge in [-0.15, -0.1) is 3.89 Å². The van der Waals surface area contributed by atoms with Gasteiger partial charge in [0.15, 0.2) is 0 Å². The van der Waals surface area contributed by atoms with Crippen LogP contribution in [0.3, 0.4) is 0 Å². The molecule has 0 saturated heterocycles. The van der Waals surface area contributed by atoms with E-state index in [1.165, 1.54) is 31.3 Å². The number of rotatable bonds is 3. The van der Waals surface area contributed by atoms with Crippen LogP contribution in [0.1, 0.15) is 15.9 Å². The Morgan fingerprint density at radius 2 is 1.87 bits per heavy atom. The molecule has 0 bridgehead atoms. The van der Waals surface area contributed by atoms with Crippen LogP contribution in [-0.2, 0) is 16.0 Å². The zero-order valence-electron chi connectivity index (χ0n) is 8.03. The van der Waals surface area contributed by atoms with Crippen LogP contribution in [0.15, 0.2) is 24.3 Å². The van der Waals surface area contributed by atoms with Crippen LogP contribution in [-0.4, -0.2) is 21.4 Å². The van der Waals surface area contributed by atoms with Gasteiger partial charge in [0.05, 0.1) is 0 Å². The Balaban J connectivity index is 2.86. The van der Waals surface area contributed by atoms with Gasteiger partial charge in [-0.25, -0.2) is 0 Å². The molecule has 0 unspecified atom stereocenters. The van der Waals surface area contributed by atoms with E-state index in [2.05, 4.69) is 5.32 Å². The normalized spacial score (nSPS) is 11.1. The van der Waals surface area contributed by atoms with Crippen molar-refractivity contribution in [3.63, 3.8) is 0 Å². The van der Waals surface area contributed by atoms with E-state index in [-0.39, 0.29) is 5.91 Å². The highest BCUT2D eigenvalue weighted by Gasteiger charge is 2.09. The van der Waals surface area contributed by atoms with Crippen LogP contribution < -0.4 is 5.32 Å². The van der Waals surface area contributed by atoms with E-state index < -0.39 is 16.0 Å². The quantitative estimate of drug-likeness (QED) is 0.784. The lowest BCUT2D eigenvalue weighted by molar-refractivity contribution is 0.0963. The number of halogens is 1. The predicted molar refractivity (Wildman–Crippen MR) is 53.6 cm³/mol. The van der Waals surface area contributed by atoms with Crippen LogP contribution in [0, 0.1) is 0 Å². The topological polar surface area (TPSA) is 63.2 Å². The second-order valence-corrected chi connectivity index (χ2v) is 4.33. The lowest BCUT2D eigenvalue weighted by atomic mass is 10.1. The molecule has 0 aliphatic carbocycles. The molecule has 15 heavy (non-hydrogen) atoms. The molecular formula is C9H10FNO3S. The third kappa shape index (κ3) is 3.67. The summed E-state index contributed by atoms with van der Waals surface area (Å²) < 4.78 is 33.0. The molecule has 0 aliphatic rings. The molecule has 1 amide bonds. The van der Waals surface area contributed by atoms with Gasteiger partial charge in [-0.05, 0) is 17.7 Å². The van der Waals surface area contributed by atoms with Crippen LogP contribution in [0.4, 0.5) is 3.89 Å². The molecule has 1 aromatic carbocycles. The Labute approximate surface area is 87.3 Å². The monoisotopic (exact) mass is 231 g/mol. The minimum absolute atomic E-state index is 0.273. The highest BCUT2D eigenvalue weighted by Crippen LogP contribution is 2.09. The van der Waals surface area contributed by atoms with Gasteiger partial charge in [0, 0.05) is 12.6 Å². The summed E-state index contributed by atoms with van der Waals surface area (Å²) in [5.41, 5.74) is 0.711. The Kier molecular flexibility index (Phi) is 3.41. The predicted octanol–water partition coefficient (Wildman–Crippen LogP) is 0.846. The summed E-state index contributed by atoms with van der Waals surface area (Å²) in [5, 5.41) is 2.42. The number of carbonyl (C=O) groups is 1. The molecule has 1 N–H and O–H groups in total. The molecular weight excluding hydrogens is 221 g/mol. The van der Waals surface area contributed by atoms with Crippen molar-refractivity contribution in [2.24, 2.45) is 0 Å². The molecule has 4 nitrogen and oxygen atoms in total. The number of hydrogen-bond acceptors (Lipinski definition) is 3. The van der Waals surface area contributed by atoms with Crippen LogP contribution >= 0.6 is 0 Å². The van der Waals surface area contributed by atoms with Gasteiger partial charge >= 0.3 is 10.2 Å². The second-order valence-electron chi connectivity index (χ2n) is 2.96. The molecule has 82 valence electrons. The van der Waals surface area contributed by atoms with E-state index in [9.17, 15) is 17.1 Å². The lowest BCUT2D eigenvalue weighted by Crippen LogP contribution is -2.17. The number of hydrogen-bond donors (Lipinski definition) is 1. The Morgan fingerprint density at radius 3 is 2.27 bits per heavy atom. The van der Waals surface area contributed by atoms with Crippen molar-refractivity contribution in [1.29, 1.82) is 0 Å². The van der Waals surface area contributed by atoms with Crippen molar-refractivity contribution < 1.29 is 17.1 Å². The fraction of sp³-hybridized carbons (Fsp3) is 0.222. The van der Waals surface area contributed by atoms with Crippen molar-refractivity contribution in [1.82, 2.24) is 5.32 Å². The van der Waals surface area contributed by atoms with Crippen molar-refractivity contribution in [3.05, 3.63) is 35.4 Å². The minimum atomic E-state index is -4.52. The van der Waals surface area contributed by atoms with Gasteiger partial charge in [0.2, 0.25) is 0 Å². The molecule has 1 aromatic rings. The average molecular weight is 231 g/mol. The maximum Gasteiger partial charge on any atom is 0.306 e. The maximum absolute atomic E-state index is 12.3. The maximum atomic E-state index is 12.3. The second kappa shape index (κ2) is 4.39. The summed E-state index contributed by atoms with van der Waals surface area (Å²) in [6.45, 7) is 0. The van der Waals surface area contributed by atoms with Crippen molar-refractivity contribution in [2.75, 3.05) is 7.05 Å². The van der Waals surface area contributed by atoms with E-state index in [0.29, 0.717) is 11.1 Å². The highest BCUT2D eigenvalue weighted by molar-refractivity contribution is 7.85. The Morgan fingerprint density at radius 1 is 1.33 bits per heavy atom. The summed E-state index contributed by atoms with van der Waals surface area (Å²) >= 11 is 0. The molecule has 0 fully saturated rings. The van der Waals surface area contributed by atoms with Crippen molar-refractivity contribution in [3.8, 4) is 0 Å². The van der Waals surface area contributed by atoms with Gasteiger partial charge in [-0.2, -0.15) is 8.42 Å². The Hall–Kier alpha value is -1.43. The van der Waals surface area contributed by atoms with Crippen molar-refractivity contribution in [2.45, 2.75) is 5.75 Å². The highest BCUT2D eigenvalue weighted by atomic mass is 32.3. The summed E-state index contributed by atoms with van der Waals surface area (Å²) in [4.78, 5) is 11.1. The molecule has 0 aliphatic heterocycles. The molecule has 0 radical (unpaired) electrons. The van der Waals surface area contributed by atoms with Crippen LogP contribution in [0.5, 0.6) is 0 Å². The third-order valence-corrected chi connectivity index (χ3v) is 2.46. The van der Waals surface area contributed by atoms with E-state index in [1.807, 2.05) is 0 Å². The van der Waals surface area contributed by atoms with Gasteiger partial charge in [-0.3, -0.25) is 4.79 Å². The van der Waals surface area contributed by atoms with Crippen LogP contribution in [0.2, 0.25) is 0 Å². The zero-order valence-corrected chi connectivity index (χ0v) is 8.84. The molecule has 1 rings (SSSR count). The van der Waals surface area contributed by atoms with Crippen molar-refractivity contribution >= 4 is 16.1 Å². The summed E-state index contributed by atoms with van der Waals surface area (Å²) in [6.07, 6.45) is 0. The first-order chi connectivity index (χ1) is 6.92. The van der Waals surface area contributed by atoms with Gasteiger partial charge in [0.25, 0.3) is 5.91 Å². The smallest absolute Gasteiger partial charge is 0.306 e. The number of carbonyl (C=O) groups excluding carboxylic acids is 1. The summed E-state index contributed by atoms with van der Waals surface area (Å²) in [6, 6.07) is 5.70. The first-order valence-corrected chi connectivity index (χ1v) is 5.71. The first kappa shape index (κ1) is 11.6. The van der Waals surface area contributed by atoms with E-state index in [1.54, 1.807) is 0 Å². The first-order valence-electron chi connectivity index (χ1n) is 4.16. The summed E-state index contributed by atoms with van der Waals surface area (Å²) in [7, 11) is -3.03. The zero-order chi connectivity index (χ0) is 11.5. The average Bonchev–Trinajstić information content (AvgIpc) is 2.15. The van der Waals surface area contributed by atoms with Gasteiger partial charge in [-0.1, -0.05) is 12.1 Å². The fourth-order valence-electron chi connectivity index (χ4n) is 1.10. The van der Waals surface area contributed by atoms with Crippen LogP contribution in [0.25, 0.3) is 0 Å². The standard InChI is InChI=1S/C9H10FNO3S/c1-11-9(12)8-4-2-7(3-5-8)6-15(10,13)14/h2-5H,6H2,1H3,(H,11,12). The molecule has 0 saturated carbocycles. The third-order valence-electron chi connectivity index (χ3n) is 1.78. The van der Waals surface area contributed by atoms with Gasteiger partial charge in [0.1, 0.15) is 5.75 Å². The fourth-order valence-corrected chi connectivity index (χ4v) is 1.69.